The summed E-state index contributed by atoms with van der Waals surface area (Å²) in [6.07, 6.45) is 2.69. The van der Waals surface area contributed by atoms with E-state index >= 15 is 0 Å². The van der Waals surface area contributed by atoms with Gasteiger partial charge in [-0.15, -0.1) is 0 Å². The number of piperidine rings is 1. The second-order valence-electron chi connectivity index (χ2n) is 8.51. The van der Waals surface area contributed by atoms with Crippen molar-refractivity contribution in [1.82, 2.24) is 25.7 Å². The van der Waals surface area contributed by atoms with Crippen LogP contribution in [0.15, 0.2) is 12.1 Å². The molecule has 35 heavy (non-hydrogen) atoms. The molecule has 1 fully saturated rings. The van der Waals surface area contributed by atoms with Crippen molar-refractivity contribution < 1.29 is 24.3 Å². The molecule has 1 aromatic carbocycles. The van der Waals surface area contributed by atoms with Crippen molar-refractivity contribution in [2.45, 2.75) is 38.1 Å². The minimum Gasteiger partial charge on any atom is -0.493 e. The molecule has 0 unspecified atom stereocenters. The number of hydrogen-bond acceptors (Lipinski definition) is 10. The van der Waals surface area contributed by atoms with Crippen molar-refractivity contribution in [2.24, 2.45) is 0 Å². The summed E-state index contributed by atoms with van der Waals surface area (Å²) in [5.74, 6) is 1.67. The Balaban J connectivity index is 1.67. The monoisotopic (exact) mass is 489 g/mol. The predicted molar refractivity (Wildman–Crippen MR) is 132 cm³/mol. The molecule has 192 valence electrons. The van der Waals surface area contributed by atoms with Crippen LogP contribution in [0.4, 0.5) is 11.8 Å². The third kappa shape index (κ3) is 7.55. The number of rotatable bonds is 12. The van der Waals surface area contributed by atoms with Crippen LogP contribution in [0, 0.1) is 0 Å². The van der Waals surface area contributed by atoms with Crippen LogP contribution in [0.25, 0.3) is 10.9 Å². The lowest BCUT2D eigenvalue weighted by Crippen LogP contribution is -2.37. The van der Waals surface area contributed by atoms with E-state index in [0.717, 1.165) is 37.1 Å². The van der Waals surface area contributed by atoms with Gasteiger partial charge in [-0.2, -0.15) is 4.98 Å². The quantitative estimate of drug-likeness (QED) is 0.168. The highest BCUT2D eigenvalue weighted by atomic mass is 16.5. The number of amides is 2. The second kappa shape index (κ2) is 12.9. The first-order chi connectivity index (χ1) is 16.9. The summed E-state index contributed by atoms with van der Waals surface area (Å²) in [6.45, 7) is 2.84. The van der Waals surface area contributed by atoms with Gasteiger partial charge in [0.2, 0.25) is 17.8 Å². The lowest BCUT2D eigenvalue weighted by atomic mass is 10.1. The summed E-state index contributed by atoms with van der Waals surface area (Å²) in [5.41, 5.74) is 2.26. The van der Waals surface area contributed by atoms with Crippen LogP contribution in [0.3, 0.4) is 0 Å². The van der Waals surface area contributed by atoms with Gasteiger partial charge in [0.05, 0.1) is 19.7 Å². The van der Waals surface area contributed by atoms with Crippen LogP contribution >= 0.6 is 0 Å². The largest absolute Gasteiger partial charge is 0.493 e. The molecule has 2 heterocycles. The molecule has 1 aromatic heterocycles. The van der Waals surface area contributed by atoms with Crippen LogP contribution in [0.1, 0.15) is 32.1 Å². The van der Waals surface area contributed by atoms with E-state index < -0.39 is 5.91 Å². The molecule has 3 rings (SSSR count). The zero-order valence-corrected chi connectivity index (χ0v) is 20.5. The zero-order valence-electron chi connectivity index (χ0n) is 20.5. The van der Waals surface area contributed by atoms with Gasteiger partial charge in [0.25, 0.3) is 0 Å². The summed E-state index contributed by atoms with van der Waals surface area (Å²) in [5, 5.41) is 18.9. The molecule has 12 heteroatoms. The number of anilines is 2. The number of fused-ring (bicyclic) bond motifs is 1. The van der Waals surface area contributed by atoms with Gasteiger partial charge in [-0.3, -0.25) is 14.8 Å². The van der Waals surface area contributed by atoms with Crippen molar-refractivity contribution in [1.29, 1.82) is 0 Å². The number of hydroxylamine groups is 1. The molecule has 1 saturated heterocycles. The average molecular weight is 490 g/mol. The topological polar surface area (TPSA) is 150 Å². The van der Waals surface area contributed by atoms with Crippen LogP contribution < -0.4 is 30.9 Å². The minimum absolute atomic E-state index is 0.0917. The molecule has 0 aliphatic carbocycles. The van der Waals surface area contributed by atoms with Crippen LogP contribution in [-0.4, -0.2) is 85.4 Å². The Morgan fingerprint density at radius 3 is 2.43 bits per heavy atom. The highest BCUT2D eigenvalue weighted by molar-refractivity contribution is 5.92. The van der Waals surface area contributed by atoms with E-state index in [-0.39, 0.29) is 18.7 Å². The minimum atomic E-state index is -0.508. The van der Waals surface area contributed by atoms with E-state index in [0.29, 0.717) is 48.5 Å². The number of carbonyl (C=O) groups is 2. The van der Waals surface area contributed by atoms with E-state index in [4.69, 9.17) is 19.7 Å². The summed E-state index contributed by atoms with van der Waals surface area (Å²) < 4.78 is 10.9. The maximum Gasteiger partial charge on any atom is 0.243 e. The number of hydrogen-bond donors (Lipinski definition) is 5. The van der Waals surface area contributed by atoms with E-state index in [9.17, 15) is 9.59 Å². The smallest absolute Gasteiger partial charge is 0.243 e. The SMILES string of the molecule is COc1cc2nc(NCCNC(=O)CCCC(=O)NO)nc(NC3CCN(C)CC3)c2cc1OC. The van der Waals surface area contributed by atoms with Gasteiger partial charge in [-0.1, -0.05) is 0 Å². The number of nitrogens with one attached hydrogen (secondary N) is 4. The molecule has 0 atom stereocenters. The lowest BCUT2D eigenvalue weighted by Gasteiger charge is -2.30. The molecule has 0 bridgehead atoms. The highest BCUT2D eigenvalue weighted by Gasteiger charge is 2.20. The molecule has 5 N–H and O–H groups in total. The summed E-state index contributed by atoms with van der Waals surface area (Å²) in [6, 6.07) is 4.01. The van der Waals surface area contributed by atoms with Gasteiger partial charge in [0.1, 0.15) is 5.82 Å². The number of aromatic nitrogens is 2. The first-order valence-electron chi connectivity index (χ1n) is 11.8. The van der Waals surface area contributed by atoms with Gasteiger partial charge in [0.15, 0.2) is 11.5 Å². The Hall–Kier alpha value is -3.38. The Kier molecular flexibility index (Phi) is 9.67. The van der Waals surface area contributed by atoms with Crippen molar-refractivity contribution >= 4 is 34.5 Å². The molecule has 12 nitrogen and oxygen atoms in total. The Labute approximate surface area is 204 Å². The van der Waals surface area contributed by atoms with E-state index in [1.165, 1.54) is 0 Å². The van der Waals surface area contributed by atoms with Gasteiger partial charge < -0.3 is 30.3 Å². The molecule has 2 aromatic rings. The van der Waals surface area contributed by atoms with Gasteiger partial charge in [-0.05, 0) is 45.5 Å². The summed E-state index contributed by atoms with van der Waals surface area (Å²) >= 11 is 0. The number of benzene rings is 1. The maximum atomic E-state index is 11.9. The van der Waals surface area contributed by atoms with Gasteiger partial charge in [-0.25, -0.2) is 10.5 Å². The molecule has 0 spiro atoms. The fraction of sp³-hybridized carbons (Fsp3) is 0.565. The fourth-order valence-corrected chi connectivity index (χ4v) is 3.92. The Morgan fingerprint density at radius 2 is 1.74 bits per heavy atom. The molecular weight excluding hydrogens is 454 g/mol. The van der Waals surface area contributed by atoms with Crippen LogP contribution in [-0.2, 0) is 9.59 Å². The molecular formula is C23H35N7O5. The highest BCUT2D eigenvalue weighted by Crippen LogP contribution is 2.35. The lowest BCUT2D eigenvalue weighted by molar-refractivity contribution is -0.129. The third-order valence-corrected chi connectivity index (χ3v) is 5.92. The number of methoxy groups -OCH3 is 2. The number of carbonyl (C=O) groups excluding carboxylic acids is 2. The number of likely N-dealkylation sites (tertiary alicyclic amines) is 1. The van der Waals surface area contributed by atoms with Crippen LogP contribution in [0.5, 0.6) is 11.5 Å². The number of nitrogens with zero attached hydrogens (tertiary/aromatic N) is 3. The molecule has 0 saturated carbocycles. The second-order valence-corrected chi connectivity index (χ2v) is 8.51. The first kappa shape index (κ1) is 26.2. The standard InChI is InChI=1S/C23H35N7O5/c1-30-11-7-15(8-12-30)26-22-16-13-18(34-2)19(35-3)14-17(16)27-23(28-22)25-10-9-24-20(31)5-4-6-21(32)29-33/h13-15,33H,4-12H2,1-3H3,(H,24,31)(H,29,32)(H2,25,26,27,28). The van der Waals surface area contributed by atoms with E-state index in [2.05, 4.69) is 32.9 Å². The molecule has 0 radical (unpaired) electrons. The first-order valence-corrected chi connectivity index (χ1v) is 11.8. The van der Waals surface area contributed by atoms with Gasteiger partial charge in [0, 0.05) is 43.4 Å². The summed E-state index contributed by atoms with van der Waals surface area (Å²) in [7, 11) is 5.31. The maximum absolute atomic E-state index is 11.9. The van der Waals surface area contributed by atoms with Gasteiger partial charge >= 0.3 is 0 Å². The average Bonchev–Trinajstić information content (AvgIpc) is 2.87. The van der Waals surface area contributed by atoms with E-state index in [1.54, 1.807) is 19.7 Å². The molecule has 2 amide bonds. The third-order valence-electron chi connectivity index (χ3n) is 5.92. The predicted octanol–water partition coefficient (Wildman–Crippen LogP) is 1.36. The normalized spacial score (nSPS) is 14.4. The van der Waals surface area contributed by atoms with Crippen molar-refractivity contribution in [3.8, 4) is 11.5 Å². The number of ether oxygens (including phenoxy) is 2. The Bertz CT molecular complexity index is 1010. The van der Waals surface area contributed by atoms with Crippen LogP contribution in [0.2, 0.25) is 0 Å². The summed E-state index contributed by atoms with van der Waals surface area (Å²) in [4.78, 5) is 34.6. The zero-order chi connectivity index (χ0) is 25.2. The fourth-order valence-electron chi connectivity index (χ4n) is 3.92. The molecule has 1 aliphatic rings. The van der Waals surface area contributed by atoms with Crippen molar-refractivity contribution in [2.75, 3.05) is 58.1 Å². The van der Waals surface area contributed by atoms with E-state index in [1.807, 2.05) is 12.1 Å². The van der Waals surface area contributed by atoms with Crippen molar-refractivity contribution in [3.63, 3.8) is 0 Å². The molecule has 1 aliphatic heterocycles. The van der Waals surface area contributed by atoms with Crippen molar-refractivity contribution in [3.05, 3.63) is 12.1 Å². The Morgan fingerprint density at radius 1 is 1.06 bits per heavy atom.